The summed E-state index contributed by atoms with van der Waals surface area (Å²) in [5, 5.41) is 8.77. The number of Topliss-reactive ketones (excluding diaryl/α,β-unsaturated/α-hetero) is 1. The van der Waals surface area contributed by atoms with Crippen LogP contribution >= 0.6 is 0 Å². The molecule has 170 valence electrons. The normalized spacial score (nSPS) is 45.5. The highest BCUT2D eigenvalue weighted by atomic mass is 16.5. The van der Waals surface area contributed by atoms with Crippen LogP contribution in [0.4, 0.5) is 0 Å². The first-order valence-corrected chi connectivity index (χ1v) is 12.6. The van der Waals surface area contributed by atoms with E-state index in [1.165, 1.54) is 38.5 Å². The summed E-state index contributed by atoms with van der Waals surface area (Å²) in [6.45, 7) is 7.97. The van der Waals surface area contributed by atoms with Gasteiger partial charge >= 0.3 is 5.97 Å². The summed E-state index contributed by atoms with van der Waals surface area (Å²) < 4.78 is 6.43. The number of hydrogen-bond donors (Lipinski definition) is 1. The summed E-state index contributed by atoms with van der Waals surface area (Å²) in [6, 6.07) is 0. The zero-order chi connectivity index (χ0) is 21.5. The number of rotatable bonds is 7. The molecule has 4 aliphatic carbocycles. The topological polar surface area (TPSA) is 63.6 Å². The van der Waals surface area contributed by atoms with Gasteiger partial charge in [-0.25, -0.2) is 0 Å². The molecule has 1 N–H and O–H groups in total. The second-order valence-corrected chi connectivity index (χ2v) is 11.6. The fraction of sp³-hybridized carbons (Fsp3) is 0.923. The van der Waals surface area contributed by atoms with E-state index in [2.05, 4.69) is 20.8 Å². The monoisotopic (exact) mass is 418 g/mol. The maximum absolute atomic E-state index is 12.4. The highest BCUT2D eigenvalue weighted by molar-refractivity contribution is 5.82. The van der Waals surface area contributed by atoms with E-state index in [9.17, 15) is 9.59 Å². The van der Waals surface area contributed by atoms with E-state index < -0.39 is 5.97 Å². The Hall–Kier alpha value is -0.900. The Morgan fingerprint density at radius 2 is 1.80 bits per heavy atom. The van der Waals surface area contributed by atoms with Crippen LogP contribution in [0.3, 0.4) is 0 Å². The molecule has 4 aliphatic rings. The lowest BCUT2D eigenvalue weighted by Gasteiger charge is -2.60. The number of ketones is 1. The third-order valence-electron chi connectivity index (χ3n) is 10.1. The molecule has 4 nitrogen and oxygen atoms in total. The number of carboxylic acids is 1. The summed E-state index contributed by atoms with van der Waals surface area (Å²) in [5.74, 6) is 3.06. The quantitative estimate of drug-likeness (QED) is 0.525. The van der Waals surface area contributed by atoms with Crippen molar-refractivity contribution in [3.05, 3.63) is 0 Å². The van der Waals surface area contributed by atoms with E-state index in [-0.39, 0.29) is 12.3 Å². The summed E-state index contributed by atoms with van der Waals surface area (Å²) in [5.41, 5.74) is 0.669. The maximum atomic E-state index is 12.4. The van der Waals surface area contributed by atoms with Crippen molar-refractivity contribution >= 4 is 11.8 Å². The number of unbranched alkanes of at least 4 members (excludes halogenated alkanes) is 2. The Morgan fingerprint density at radius 1 is 1.03 bits per heavy atom. The van der Waals surface area contributed by atoms with Crippen LogP contribution in [0.25, 0.3) is 0 Å². The van der Waals surface area contributed by atoms with Crippen molar-refractivity contribution < 1.29 is 19.4 Å². The van der Waals surface area contributed by atoms with Crippen molar-refractivity contribution in [3.8, 4) is 0 Å². The van der Waals surface area contributed by atoms with Crippen LogP contribution in [-0.4, -0.2) is 29.6 Å². The van der Waals surface area contributed by atoms with Crippen molar-refractivity contribution in [2.75, 3.05) is 6.61 Å². The third kappa shape index (κ3) is 3.87. The highest BCUT2D eigenvalue weighted by Gasteiger charge is 2.61. The molecule has 0 radical (unpaired) electrons. The smallest absolute Gasteiger partial charge is 0.303 e. The lowest BCUT2D eigenvalue weighted by atomic mass is 9.44. The minimum Gasteiger partial charge on any atom is -0.481 e. The van der Waals surface area contributed by atoms with Crippen LogP contribution in [0, 0.1) is 40.4 Å². The molecule has 0 saturated heterocycles. The molecule has 0 heterocycles. The molecule has 0 bridgehead atoms. The van der Waals surface area contributed by atoms with Gasteiger partial charge in [0.1, 0.15) is 5.78 Å². The molecule has 0 aromatic heterocycles. The average molecular weight is 419 g/mol. The lowest BCUT2D eigenvalue weighted by molar-refractivity contribution is -0.151. The largest absolute Gasteiger partial charge is 0.481 e. The minimum atomic E-state index is -0.695. The lowest BCUT2D eigenvalue weighted by Crippen LogP contribution is -2.55. The first-order chi connectivity index (χ1) is 14.3. The Morgan fingerprint density at radius 3 is 2.57 bits per heavy atom. The molecule has 4 heteroatoms. The van der Waals surface area contributed by atoms with Crippen molar-refractivity contribution in [2.45, 2.75) is 104 Å². The molecule has 30 heavy (non-hydrogen) atoms. The zero-order valence-corrected chi connectivity index (χ0v) is 19.3. The number of carbonyl (C=O) groups excluding carboxylic acids is 1. The fourth-order valence-electron chi connectivity index (χ4n) is 8.41. The summed E-state index contributed by atoms with van der Waals surface area (Å²) in [6.07, 6.45) is 12.9. The number of hydrogen-bond acceptors (Lipinski definition) is 3. The molecule has 0 amide bonds. The van der Waals surface area contributed by atoms with Crippen LogP contribution < -0.4 is 0 Å². The van der Waals surface area contributed by atoms with Crippen molar-refractivity contribution in [3.63, 3.8) is 0 Å². The van der Waals surface area contributed by atoms with E-state index in [4.69, 9.17) is 9.84 Å². The summed E-state index contributed by atoms with van der Waals surface area (Å²) >= 11 is 0. The molecule has 4 fully saturated rings. The van der Waals surface area contributed by atoms with E-state index in [1.807, 2.05) is 0 Å². The maximum Gasteiger partial charge on any atom is 0.303 e. The molecule has 0 aromatic carbocycles. The van der Waals surface area contributed by atoms with Gasteiger partial charge < -0.3 is 9.84 Å². The second-order valence-electron chi connectivity index (χ2n) is 11.6. The van der Waals surface area contributed by atoms with Gasteiger partial charge in [0.25, 0.3) is 0 Å². The molecule has 4 rings (SSSR count). The molecule has 0 aliphatic heterocycles. The SMILES string of the molecule is C[C@@H]1C[C@@]2(C)C(CC[C@@H]3C2CC[C@@]2(C)C3CC[C@@H]2OCCCCCC(=O)O)CC1=O. The summed E-state index contributed by atoms with van der Waals surface area (Å²) in [7, 11) is 0. The Balaban J connectivity index is 1.37. The van der Waals surface area contributed by atoms with Crippen molar-refractivity contribution in [2.24, 2.45) is 40.4 Å². The first-order valence-electron chi connectivity index (χ1n) is 12.6. The van der Waals surface area contributed by atoms with Crippen molar-refractivity contribution in [1.29, 1.82) is 0 Å². The predicted molar refractivity (Wildman–Crippen MR) is 117 cm³/mol. The Labute approximate surface area is 182 Å². The van der Waals surface area contributed by atoms with Crippen LogP contribution in [0.15, 0.2) is 0 Å². The molecular formula is C26H42O4. The minimum absolute atomic E-state index is 0.249. The number of ether oxygens (including phenoxy) is 1. The van der Waals surface area contributed by atoms with Crippen LogP contribution in [0.2, 0.25) is 0 Å². The van der Waals surface area contributed by atoms with Crippen LogP contribution in [-0.2, 0) is 14.3 Å². The average Bonchev–Trinajstić information content (AvgIpc) is 3.02. The van der Waals surface area contributed by atoms with Gasteiger partial charge in [-0.05, 0) is 92.3 Å². The molecule has 0 aromatic rings. The molecule has 3 unspecified atom stereocenters. The number of fused-ring (bicyclic) bond motifs is 5. The van der Waals surface area contributed by atoms with Gasteiger partial charge in [0, 0.05) is 25.4 Å². The molecule has 0 spiro atoms. The molecule has 8 atom stereocenters. The zero-order valence-electron chi connectivity index (χ0n) is 19.3. The summed E-state index contributed by atoms with van der Waals surface area (Å²) in [4.78, 5) is 23.0. The Kier molecular flexibility index (Phi) is 6.36. The van der Waals surface area contributed by atoms with E-state index >= 15 is 0 Å². The van der Waals surface area contributed by atoms with E-state index in [1.54, 1.807) is 0 Å². The predicted octanol–water partition coefficient (Wildman–Crippen LogP) is 5.87. The standard InChI is InChI=1S/C26H42O4/c1-17-16-26(3)18(15-22(17)27)8-9-19-20-10-11-23(25(20,2)13-12-21(19)26)30-14-6-4-5-7-24(28)29/h17-21,23H,4-16H2,1-3H3,(H,28,29)/t17-,18?,19+,20?,21?,23+,25+,26+/m1/s1. The van der Waals surface area contributed by atoms with Gasteiger partial charge in [0.2, 0.25) is 0 Å². The number of carboxylic acid groups (broad SMARTS) is 1. The first kappa shape index (κ1) is 22.3. The van der Waals surface area contributed by atoms with Gasteiger partial charge in [-0.1, -0.05) is 27.2 Å². The number of carbonyl (C=O) groups is 2. The third-order valence-corrected chi connectivity index (χ3v) is 10.1. The van der Waals surface area contributed by atoms with Crippen LogP contribution in [0.5, 0.6) is 0 Å². The van der Waals surface area contributed by atoms with Gasteiger partial charge in [-0.15, -0.1) is 0 Å². The Bertz CT molecular complexity index is 659. The van der Waals surface area contributed by atoms with Crippen molar-refractivity contribution in [1.82, 2.24) is 0 Å². The van der Waals surface area contributed by atoms with Gasteiger partial charge in [0.15, 0.2) is 0 Å². The second kappa shape index (κ2) is 8.56. The fourth-order valence-corrected chi connectivity index (χ4v) is 8.41. The van der Waals surface area contributed by atoms with Gasteiger partial charge in [0.05, 0.1) is 6.10 Å². The van der Waals surface area contributed by atoms with Gasteiger partial charge in [-0.2, -0.15) is 0 Å². The van der Waals surface area contributed by atoms with E-state index in [0.717, 1.165) is 56.5 Å². The van der Waals surface area contributed by atoms with Crippen LogP contribution in [0.1, 0.15) is 97.8 Å². The molecular weight excluding hydrogens is 376 g/mol. The number of aliphatic carboxylic acids is 1. The van der Waals surface area contributed by atoms with Gasteiger partial charge in [-0.3, -0.25) is 9.59 Å². The van der Waals surface area contributed by atoms with E-state index in [0.29, 0.717) is 28.6 Å². The highest BCUT2D eigenvalue weighted by Crippen LogP contribution is 2.66. The molecule has 4 saturated carbocycles.